The van der Waals surface area contributed by atoms with Crippen LogP contribution in [0.2, 0.25) is 0 Å². The summed E-state index contributed by atoms with van der Waals surface area (Å²) >= 11 is 1.59. The number of thiazole rings is 1. The fourth-order valence-electron chi connectivity index (χ4n) is 2.36. The number of nitrogens with zero attached hydrogens (tertiary/aromatic N) is 3. The van der Waals surface area contributed by atoms with Crippen LogP contribution in [-0.4, -0.2) is 9.91 Å². The average Bonchev–Trinajstić information content (AvgIpc) is 3.01. The minimum Gasteiger partial charge on any atom is -0.379 e. The van der Waals surface area contributed by atoms with Gasteiger partial charge >= 0.3 is 0 Å². The zero-order valence-corrected chi connectivity index (χ0v) is 14.2. The van der Waals surface area contributed by atoms with Crippen molar-refractivity contribution in [3.8, 4) is 16.6 Å². The van der Waals surface area contributed by atoms with Gasteiger partial charge in [0.1, 0.15) is 11.1 Å². The predicted molar refractivity (Wildman–Crippen MR) is 97.4 cm³/mol. The van der Waals surface area contributed by atoms with Gasteiger partial charge in [0, 0.05) is 22.6 Å². The summed E-state index contributed by atoms with van der Waals surface area (Å²) in [6.07, 6.45) is 0. The van der Waals surface area contributed by atoms with Crippen LogP contribution in [0.1, 0.15) is 16.1 Å². The highest BCUT2D eigenvalue weighted by Crippen LogP contribution is 2.29. The highest BCUT2D eigenvalue weighted by Gasteiger charge is 2.13. The van der Waals surface area contributed by atoms with Gasteiger partial charge in [-0.25, -0.2) is 4.98 Å². The van der Waals surface area contributed by atoms with Gasteiger partial charge in [0.15, 0.2) is 0 Å². The van der Waals surface area contributed by atoms with Crippen LogP contribution in [0, 0.1) is 28.4 Å². The number of aromatic nitrogens is 1. The standard InChI is InChI=1S/C18H14N4O2S/c1-12-17(25-18(21-12)13-5-3-2-4-6-13)11-20-16-8-7-15(22(23)24)9-14(16)10-19/h2-9,20H,11H2,1H3. The van der Waals surface area contributed by atoms with Crippen LogP contribution in [-0.2, 0) is 6.54 Å². The number of benzene rings is 2. The first-order chi connectivity index (χ1) is 12.1. The fraction of sp³-hybridized carbons (Fsp3) is 0.111. The normalized spacial score (nSPS) is 10.2. The Bertz CT molecular complexity index is 961. The second-order valence-electron chi connectivity index (χ2n) is 5.35. The molecule has 0 atom stereocenters. The zero-order chi connectivity index (χ0) is 17.8. The first kappa shape index (κ1) is 16.6. The van der Waals surface area contributed by atoms with Crippen LogP contribution < -0.4 is 5.32 Å². The summed E-state index contributed by atoms with van der Waals surface area (Å²) in [7, 11) is 0. The minimum atomic E-state index is -0.510. The van der Waals surface area contributed by atoms with E-state index in [1.54, 1.807) is 17.4 Å². The summed E-state index contributed by atoms with van der Waals surface area (Å²) in [5.74, 6) is 0. The number of non-ortho nitro benzene ring substituents is 1. The topological polar surface area (TPSA) is 91.8 Å². The van der Waals surface area contributed by atoms with E-state index in [-0.39, 0.29) is 11.3 Å². The molecule has 0 saturated heterocycles. The first-order valence-corrected chi connectivity index (χ1v) is 8.34. The van der Waals surface area contributed by atoms with E-state index >= 15 is 0 Å². The molecule has 25 heavy (non-hydrogen) atoms. The van der Waals surface area contributed by atoms with Crippen molar-refractivity contribution < 1.29 is 4.92 Å². The summed E-state index contributed by atoms with van der Waals surface area (Å²) in [6, 6.07) is 16.2. The van der Waals surface area contributed by atoms with Crippen molar-refractivity contribution in [2.24, 2.45) is 0 Å². The Balaban J connectivity index is 1.80. The predicted octanol–water partition coefficient (Wildman–Crippen LogP) is 4.51. The van der Waals surface area contributed by atoms with Crippen molar-refractivity contribution in [2.45, 2.75) is 13.5 Å². The highest BCUT2D eigenvalue weighted by atomic mass is 32.1. The average molecular weight is 350 g/mol. The number of nitriles is 1. The monoisotopic (exact) mass is 350 g/mol. The van der Waals surface area contributed by atoms with Gasteiger partial charge < -0.3 is 5.32 Å². The van der Waals surface area contributed by atoms with Crippen molar-refractivity contribution in [1.29, 1.82) is 5.26 Å². The Morgan fingerprint density at radius 3 is 2.72 bits per heavy atom. The van der Waals surface area contributed by atoms with Crippen LogP contribution in [0.3, 0.4) is 0 Å². The molecule has 0 amide bonds. The third-order valence-electron chi connectivity index (χ3n) is 3.69. The second-order valence-corrected chi connectivity index (χ2v) is 6.43. The van der Waals surface area contributed by atoms with Gasteiger partial charge in [-0.2, -0.15) is 5.26 Å². The van der Waals surface area contributed by atoms with Crippen molar-refractivity contribution in [3.63, 3.8) is 0 Å². The van der Waals surface area contributed by atoms with Gasteiger partial charge in [-0.1, -0.05) is 30.3 Å². The second kappa shape index (κ2) is 7.11. The van der Waals surface area contributed by atoms with Gasteiger partial charge in [-0.3, -0.25) is 10.1 Å². The van der Waals surface area contributed by atoms with Crippen molar-refractivity contribution in [1.82, 2.24) is 4.98 Å². The zero-order valence-electron chi connectivity index (χ0n) is 13.4. The maximum absolute atomic E-state index is 10.8. The summed E-state index contributed by atoms with van der Waals surface area (Å²) in [4.78, 5) is 16.0. The lowest BCUT2D eigenvalue weighted by atomic mass is 10.1. The fourth-order valence-corrected chi connectivity index (χ4v) is 3.37. The number of anilines is 1. The molecule has 1 N–H and O–H groups in total. The molecule has 1 aromatic heterocycles. The summed E-state index contributed by atoms with van der Waals surface area (Å²) in [5, 5.41) is 24.1. The molecular weight excluding hydrogens is 336 g/mol. The van der Waals surface area contributed by atoms with Gasteiger partial charge in [0.25, 0.3) is 5.69 Å². The largest absolute Gasteiger partial charge is 0.379 e. The molecule has 124 valence electrons. The molecule has 0 aliphatic rings. The van der Waals surface area contributed by atoms with Crippen LogP contribution in [0.15, 0.2) is 48.5 Å². The maximum atomic E-state index is 10.8. The smallest absolute Gasteiger partial charge is 0.270 e. The van der Waals surface area contributed by atoms with Crippen LogP contribution in [0.4, 0.5) is 11.4 Å². The van der Waals surface area contributed by atoms with Crippen LogP contribution in [0.25, 0.3) is 10.6 Å². The number of aryl methyl sites for hydroxylation is 1. The van der Waals surface area contributed by atoms with E-state index in [1.165, 1.54) is 12.1 Å². The summed E-state index contributed by atoms with van der Waals surface area (Å²) in [6.45, 7) is 2.45. The van der Waals surface area contributed by atoms with E-state index in [9.17, 15) is 15.4 Å². The SMILES string of the molecule is Cc1nc(-c2ccccc2)sc1CNc1ccc([N+](=O)[O-])cc1C#N. The molecule has 0 saturated carbocycles. The molecule has 0 unspecified atom stereocenters. The van der Waals surface area contributed by atoms with Gasteiger partial charge in [-0.05, 0) is 13.0 Å². The van der Waals surface area contributed by atoms with E-state index in [0.29, 0.717) is 12.2 Å². The molecule has 0 fully saturated rings. The Hall–Kier alpha value is -3.24. The molecule has 7 heteroatoms. The number of hydrogen-bond donors (Lipinski definition) is 1. The lowest BCUT2D eigenvalue weighted by Gasteiger charge is -2.07. The van der Waals surface area contributed by atoms with E-state index < -0.39 is 4.92 Å². The third kappa shape index (κ3) is 3.65. The van der Waals surface area contributed by atoms with Crippen LogP contribution in [0.5, 0.6) is 0 Å². The Morgan fingerprint density at radius 2 is 2.04 bits per heavy atom. The lowest BCUT2D eigenvalue weighted by Crippen LogP contribution is -2.01. The molecule has 0 aliphatic heterocycles. The molecule has 0 radical (unpaired) electrons. The molecule has 3 aromatic rings. The maximum Gasteiger partial charge on any atom is 0.270 e. The molecule has 3 rings (SSSR count). The first-order valence-electron chi connectivity index (χ1n) is 7.52. The summed E-state index contributed by atoms with van der Waals surface area (Å²) < 4.78 is 0. The van der Waals surface area contributed by atoms with Gasteiger partial charge in [-0.15, -0.1) is 11.3 Å². The van der Waals surface area contributed by atoms with Gasteiger partial charge in [0.05, 0.1) is 28.4 Å². The van der Waals surface area contributed by atoms with Crippen LogP contribution >= 0.6 is 11.3 Å². The molecule has 1 heterocycles. The minimum absolute atomic E-state index is 0.0950. The van der Waals surface area contributed by atoms with Crippen molar-refractivity contribution >= 4 is 22.7 Å². The number of nitro groups is 1. The number of nitrogens with one attached hydrogen (secondary N) is 1. The number of nitro benzene ring substituents is 1. The number of rotatable bonds is 5. The molecule has 0 spiro atoms. The Morgan fingerprint density at radius 1 is 1.28 bits per heavy atom. The van der Waals surface area contributed by atoms with E-state index in [0.717, 1.165) is 21.1 Å². The molecule has 0 aliphatic carbocycles. The number of hydrogen-bond acceptors (Lipinski definition) is 6. The Kier molecular flexibility index (Phi) is 4.73. The van der Waals surface area contributed by atoms with E-state index in [1.807, 2.05) is 43.3 Å². The molecule has 0 bridgehead atoms. The van der Waals surface area contributed by atoms with Crippen molar-refractivity contribution in [2.75, 3.05) is 5.32 Å². The van der Waals surface area contributed by atoms with Crippen molar-refractivity contribution in [3.05, 3.63) is 74.8 Å². The third-order valence-corrected chi connectivity index (χ3v) is 4.89. The molecule has 2 aromatic carbocycles. The molecular formula is C18H14N4O2S. The highest BCUT2D eigenvalue weighted by molar-refractivity contribution is 7.15. The lowest BCUT2D eigenvalue weighted by molar-refractivity contribution is -0.384. The molecule has 6 nitrogen and oxygen atoms in total. The quantitative estimate of drug-likeness (QED) is 0.540. The van der Waals surface area contributed by atoms with E-state index in [2.05, 4.69) is 10.3 Å². The summed E-state index contributed by atoms with van der Waals surface area (Å²) in [5.41, 5.74) is 2.72. The van der Waals surface area contributed by atoms with Gasteiger partial charge in [0.2, 0.25) is 0 Å². The van der Waals surface area contributed by atoms with E-state index in [4.69, 9.17) is 0 Å². The Labute approximate surface area is 148 Å².